The maximum Gasteiger partial charge on any atom is 0.406 e. The normalized spacial score (nSPS) is 15.0. The van der Waals surface area contributed by atoms with E-state index in [1.807, 2.05) is 6.07 Å². The van der Waals surface area contributed by atoms with Crippen LogP contribution in [0.2, 0.25) is 0 Å². The lowest BCUT2D eigenvalue weighted by Crippen LogP contribution is -2.26. The summed E-state index contributed by atoms with van der Waals surface area (Å²) in [5.41, 5.74) is 0.784. The summed E-state index contributed by atoms with van der Waals surface area (Å²) in [6.07, 6.45) is -5.00. The lowest BCUT2D eigenvalue weighted by molar-refractivity contribution is -0.175. The molecule has 2 atom stereocenters. The average molecular weight is 243 g/mol. The molecule has 1 rings (SSSR count). The Kier molecular flexibility index (Phi) is 4.53. The quantitative estimate of drug-likeness (QED) is 0.811. The number of alkyl halides is 3. The van der Waals surface area contributed by atoms with Crippen molar-refractivity contribution in [3.63, 3.8) is 0 Å². The van der Waals surface area contributed by atoms with E-state index >= 15 is 0 Å². The van der Waals surface area contributed by atoms with Gasteiger partial charge in [0.1, 0.15) is 0 Å². The topological polar surface area (TPSA) is 33.0 Å². The minimum atomic E-state index is -4.54. The molecular weight excluding hydrogens is 231 g/mol. The first kappa shape index (κ1) is 13.5. The van der Waals surface area contributed by atoms with Gasteiger partial charge in [-0.2, -0.15) is 18.4 Å². The van der Waals surface area contributed by atoms with Crippen molar-refractivity contribution in [1.82, 2.24) is 0 Å². The zero-order valence-corrected chi connectivity index (χ0v) is 9.24. The summed E-state index contributed by atoms with van der Waals surface area (Å²) in [7, 11) is 0. The Morgan fingerprint density at radius 1 is 1.29 bits per heavy atom. The van der Waals surface area contributed by atoms with E-state index in [9.17, 15) is 13.2 Å². The summed E-state index contributed by atoms with van der Waals surface area (Å²) < 4.78 is 41.9. The summed E-state index contributed by atoms with van der Waals surface area (Å²) in [4.78, 5) is 0. The third kappa shape index (κ3) is 4.08. The van der Waals surface area contributed by atoms with Gasteiger partial charge in [-0.15, -0.1) is 0 Å². The molecule has 0 saturated heterocycles. The van der Waals surface area contributed by atoms with Crippen LogP contribution in [0.1, 0.15) is 18.6 Å². The Balaban J connectivity index is 2.54. The molecule has 0 spiro atoms. The first-order valence-corrected chi connectivity index (χ1v) is 5.08. The molecule has 0 saturated carbocycles. The predicted molar refractivity (Wildman–Crippen MR) is 56.0 cm³/mol. The maximum atomic E-state index is 12.3. The van der Waals surface area contributed by atoms with Crippen molar-refractivity contribution in [2.24, 2.45) is 5.92 Å². The Hall–Kier alpha value is -1.54. The summed E-state index contributed by atoms with van der Waals surface area (Å²) in [5.74, 6) is -2.08. The van der Waals surface area contributed by atoms with E-state index in [4.69, 9.17) is 10.00 Å². The number of ether oxygens (including phenoxy) is 1. The molecule has 0 aliphatic carbocycles. The molecular formula is C12H12F3NO. The number of benzene rings is 1. The van der Waals surface area contributed by atoms with Gasteiger partial charge in [-0.1, -0.05) is 30.3 Å². The van der Waals surface area contributed by atoms with Gasteiger partial charge in [-0.05, 0) is 12.5 Å². The molecule has 1 aromatic carbocycles. The van der Waals surface area contributed by atoms with Crippen LogP contribution in [0, 0.1) is 17.2 Å². The standard InChI is InChI=1S/C12H12F3NO/c1-9(10-5-3-2-4-6-10)17-8-11(7-16)12(13,14)15/h2-6,9,11H,8H2,1H3. The SMILES string of the molecule is CC(OCC(C#N)C(F)(F)F)c1ccccc1. The molecule has 0 N–H and O–H groups in total. The third-order valence-electron chi connectivity index (χ3n) is 2.33. The largest absolute Gasteiger partial charge is 0.406 e. The molecule has 0 amide bonds. The summed E-state index contributed by atoms with van der Waals surface area (Å²) in [6.45, 7) is 1.01. The van der Waals surface area contributed by atoms with Gasteiger partial charge in [0.05, 0.1) is 18.8 Å². The number of nitrogens with zero attached hydrogens (tertiary/aromatic N) is 1. The highest BCUT2D eigenvalue weighted by atomic mass is 19.4. The minimum Gasteiger partial charge on any atom is -0.372 e. The Labute approximate surface area is 97.6 Å². The number of hydrogen-bond acceptors (Lipinski definition) is 2. The second-order valence-corrected chi connectivity index (χ2v) is 3.61. The fraction of sp³-hybridized carbons (Fsp3) is 0.417. The molecule has 17 heavy (non-hydrogen) atoms. The van der Waals surface area contributed by atoms with Crippen LogP contribution in [0.4, 0.5) is 13.2 Å². The monoisotopic (exact) mass is 243 g/mol. The van der Waals surface area contributed by atoms with E-state index in [-0.39, 0.29) is 0 Å². The van der Waals surface area contributed by atoms with E-state index < -0.39 is 24.8 Å². The number of halogens is 3. The second kappa shape index (κ2) is 5.69. The Bertz CT molecular complexity index is 383. The van der Waals surface area contributed by atoms with Crippen LogP contribution >= 0.6 is 0 Å². The Morgan fingerprint density at radius 3 is 2.35 bits per heavy atom. The molecule has 0 aliphatic heterocycles. The second-order valence-electron chi connectivity index (χ2n) is 3.61. The molecule has 0 fully saturated rings. The number of nitriles is 1. The van der Waals surface area contributed by atoms with Gasteiger partial charge in [-0.25, -0.2) is 0 Å². The molecule has 2 nitrogen and oxygen atoms in total. The summed E-state index contributed by atoms with van der Waals surface area (Å²) in [6, 6.07) is 10.1. The van der Waals surface area contributed by atoms with Gasteiger partial charge in [0.25, 0.3) is 0 Å². The number of hydrogen-bond donors (Lipinski definition) is 0. The molecule has 92 valence electrons. The summed E-state index contributed by atoms with van der Waals surface area (Å²) >= 11 is 0. The minimum absolute atomic E-state index is 0.464. The molecule has 0 radical (unpaired) electrons. The highest BCUT2D eigenvalue weighted by molar-refractivity contribution is 5.16. The van der Waals surface area contributed by atoms with Crippen molar-refractivity contribution in [2.75, 3.05) is 6.61 Å². The van der Waals surface area contributed by atoms with E-state index in [0.717, 1.165) is 5.56 Å². The molecule has 0 bridgehead atoms. The van der Waals surface area contributed by atoms with Crippen LogP contribution in [-0.2, 0) is 4.74 Å². The van der Waals surface area contributed by atoms with Crippen molar-refractivity contribution in [2.45, 2.75) is 19.2 Å². The van der Waals surface area contributed by atoms with Crippen LogP contribution in [0.25, 0.3) is 0 Å². The van der Waals surface area contributed by atoms with Gasteiger partial charge >= 0.3 is 6.18 Å². The van der Waals surface area contributed by atoms with Crippen LogP contribution in [-0.4, -0.2) is 12.8 Å². The zero-order valence-electron chi connectivity index (χ0n) is 9.24. The van der Waals surface area contributed by atoms with Crippen LogP contribution < -0.4 is 0 Å². The molecule has 0 aliphatic rings. The van der Waals surface area contributed by atoms with E-state index in [1.54, 1.807) is 31.2 Å². The van der Waals surface area contributed by atoms with Gasteiger partial charge in [0.15, 0.2) is 5.92 Å². The smallest absolute Gasteiger partial charge is 0.372 e. The van der Waals surface area contributed by atoms with Crippen LogP contribution in [0.5, 0.6) is 0 Å². The van der Waals surface area contributed by atoms with Crippen molar-refractivity contribution in [3.8, 4) is 6.07 Å². The summed E-state index contributed by atoms with van der Waals surface area (Å²) in [5, 5.41) is 8.40. The molecule has 0 heterocycles. The van der Waals surface area contributed by atoms with Crippen molar-refractivity contribution in [1.29, 1.82) is 5.26 Å². The number of rotatable bonds is 4. The van der Waals surface area contributed by atoms with Crippen LogP contribution in [0.15, 0.2) is 30.3 Å². The van der Waals surface area contributed by atoms with E-state index in [1.165, 1.54) is 6.07 Å². The first-order valence-electron chi connectivity index (χ1n) is 5.08. The fourth-order valence-corrected chi connectivity index (χ4v) is 1.27. The van der Waals surface area contributed by atoms with Crippen LogP contribution in [0.3, 0.4) is 0 Å². The van der Waals surface area contributed by atoms with Crippen molar-refractivity contribution >= 4 is 0 Å². The molecule has 5 heteroatoms. The Morgan fingerprint density at radius 2 is 1.88 bits per heavy atom. The fourth-order valence-electron chi connectivity index (χ4n) is 1.27. The average Bonchev–Trinajstić information content (AvgIpc) is 2.29. The third-order valence-corrected chi connectivity index (χ3v) is 2.33. The zero-order chi connectivity index (χ0) is 12.9. The van der Waals surface area contributed by atoms with Gasteiger partial charge in [0.2, 0.25) is 0 Å². The first-order chi connectivity index (χ1) is 7.95. The van der Waals surface area contributed by atoms with Gasteiger partial charge in [-0.3, -0.25) is 0 Å². The molecule has 2 unspecified atom stereocenters. The van der Waals surface area contributed by atoms with Gasteiger partial charge < -0.3 is 4.74 Å². The lowest BCUT2D eigenvalue weighted by Gasteiger charge is -2.17. The van der Waals surface area contributed by atoms with E-state index in [0.29, 0.717) is 0 Å². The highest BCUT2D eigenvalue weighted by Gasteiger charge is 2.40. The molecule has 1 aromatic rings. The molecule has 0 aromatic heterocycles. The lowest BCUT2D eigenvalue weighted by atomic mass is 10.1. The van der Waals surface area contributed by atoms with Crippen molar-refractivity contribution in [3.05, 3.63) is 35.9 Å². The van der Waals surface area contributed by atoms with E-state index in [2.05, 4.69) is 0 Å². The maximum absolute atomic E-state index is 12.3. The highest BCUT2D eigenvalue weighted by Crippen LogP contribution is 2.27. The van der Waals surface area contributed by atoms with Crippen molar-refractivity contribution < 1.29 is 17.9 Å². The predicted octanol–water partition coefficient (Wildman–Crippen LogP) is 3.47. The van der Waals surface area contributed by atoms with Gasteiger partial charge in [0, 0.05) is 0 Å².